The molecule has 3 N–H and O–H groups in total. The number of carbonyl (C=O) groups excluding carboxylic acids is 1. The summed E-state index contributed by atoms with van der Waals surface area (Å²) in [6.07, 6.45) is 0.761. The van der Waals surface area contributed by atoms with Crippen molar-refractivity contribution in [2.75, 3.05) is 0 Å². The summed E-state index contributed by atoms with van der Waals surface area (Å²) in [6, 6.07) is 5.51. The summed E-state index contributed by atoms with van der Waals surface area (Å²) in [4.78, 5) is 11.8. The second-order valence-electron chi connectivity index (χ2n) is 6.17. The van der Waals surface area contributed by atoms with E-state index in [1.807, 2.05) is 0 Å². The fourth-order valence-electron chi connectivity index (χ4n) is 1.86. The third kappa shape index (κ3) is 6.35. The molecule has 0 spiro atoms. The molecule has 3 nitrogen and oxygen atoms in total. The second kappa shape index (κ2) is 7.60. The van der Waals surface area contributed by atoms with Crippen molar-refractivity contribution in [3.8, 4) is 0 Å². The number of halogens is 2. The predicted molar refractivity (Wildman–Crippen MR) is 82.3 cm³/mol. The molecule has 0 aromatic heterocycles. The van der Waals surface area contributed by atoms with E-state index >= 15 is 0 Å². The Kier molecular flexibility index (Phi) is 7.17. The first-order valence-electron chi connectivity index (χ1n) is 6.50. The van der Waals surface area contributed by atoms with Crippen LogP contribution in [0.15, 0.2) is 24.3 Å². The summed E-state index contributed by atoms with van der Waals surface area (Å²) in [5.41, 5.74) is 6.52. The third-order valence-corrected chi connectivity index (χ3v) is 2.82. The summed E-state index contributed by atoms with van der Waals surface area (Å²) < 4.78 is 13.0. The largest absolute Gasteiger partial charge is 0.348 e. The molecule has 1 aromatic carbocycles. The Balaban J connectivity index is 0.00000361. The number of benzene rings is 1. The molecule has 1 unspecified atom stereocenters. The molecule has 5 heteroatoms. The van der Waals surface area contributed by atoms with Crippen molar-refractivity contribution < 1.29 is 9.18 Å². The molecule has 114 valence electrons. The summed E-state index contributed by atoms with van der Waals surface area (Å²) in [7, 11) is 0. The van der Waals surface area contributed by atoms with Gasteiger partial charge in [0, 0.05) is 0 Å². The van der Waals surface area contributed by atoms with E-state index in [1.54, 1.807) is 19.1 Å². The highest BCUT2D eigenvalue weighted by atomic mass is 35.5. The minimum Gasteiger partial charge on any atom is -0.348 e. The van der Waals surface area contributed by atoms with Gasteiger partial charge in [-0.2, -0.15) is 0 Å². The van der Waals surface area contributed by atoms with Crippen molar-refractivity contribution in [2.24, 2.45) is 11.1 Å². The van der Waals surface area contributed by atoms with Gasteiger partial charge in [0.2, 0.25) is 5.91 Å². The van der Waals surface area contributed by atoms with E-state index in [2.05, 4.69) is 26.1 Å². The molecule has 0 fully saturated rings. The molecule has 1 amide bonds. The Morgan fingerprint density at radius 2 is 1.80 bits per heavy atom. The Bertz CT molecular complexity index is 426. The number of nitrogens with one attached hydrogen (secondary N) is 1. The number of carbonyl (C=O) groups is 1. The van der Waals surface area contributed by atoms with Gasteiger partial charge in [0.15, 0.2) is 0 Å². The zero-order valence-electron chi connectivity index (χ0n) is 12.4. The zero-order chi connectivity index (χ0) is 14.6. The van der Waals surface area contributed by atoms with Crippen LogP contribution in [0, 0.1) is 11.2 Å². The van der Waals surface area contributed by atoms with Crippen LogP contribution in [0.1, 0.15) is 45.7 Å². The first kappa shape index (κ1) is 18.9. The van der Waals surface area contributed by atoms with Gasteiger partial charge in [-0.05, 0) is 36.5 Å². The molecule has 0 heterocycles. The first-order chi connectivity index (χ1) is 8.69. The highest BCUT2D eigenvalue weighted by Crippen LogP contribution is 2.29. The zero-order valence-corrected chi connectivity index (χ0v) is 13.3. The Morgan fingerprint density at radius 3 is 2.20 bits per heavy atom. The van der Waals surface area contributed by atoms with Crippen molar-refractivity contribution >= 4 is 18.3 Å². The van der Waals surface area contributed by atoms with Crippen molar-refractivity contribution in [2.45, 2.75) is 46.2 Å². The predicted octanol–water partition coefficient (Wildman–Crippen LogP) is 3.19. The van der Waals surface area contributed by atoms with Gasteiger partial charge in [-0.15, -0.1) is 12.4 Å². The van der Waals surface area contributed by atoms with Crippen LogP contribution in [0.25, 0.3) is 0 Å². The quantitative estimate of drug-likeness (QED) is 0.897. The molecule has 0 bridgehead atoms. The van der Waals surface area contributed by atoms with Gasteiger partial charge in [0.1, 0.15) is 5.82 Å². The second-order valence-corrected chi connectivity index (χ2v) is 6.17. The smallest absolute Gasteiger partial charge is 0.237 e. The number of rotatable bonds is 4. The van der Waals surface area contributed by atoms with Crippen LogP contribution in [0.2, 0.25) is 0 Å². The average Bonchev–Trinajstić information content (AvgIpc) is 2.27. The highest BCUT2D eigenvalue weighted by Gasteiger charge is 2.23. The van der Waals surface area contributed by atoms with E-state index in [9.17, 15) is 9.18 Å². The van der Waals surface area contributed by atoms with Crippen LogP contribution in [0.3, 0.4) is 0 Å². The molecule has 1 rings (SSSR count). The summed E-state index contributed by atoms with van der Waals surface area (Å²) in [5.74, 6) is -0.477. The molecule has 2 atom stereocenters. The topological polar surface area (TPSA) is 55.1 Å². The number of nitrogens with two attached hydrogens (primary N) is 1. The lowest BCUT2D eigenvalue weighted by molar-refractivity contribution is -0.122. The lowest BCUT2D eigenvalue weighted by atomic mass is 9.85. The first-order valence-corrected chi connectivity index (χ1v) is 6.50. The van der Waals surface area contributed by atoms with Gasteiger partial charge >= 0.3 is 0 Å². The lowest BCUT2D eigenvalue weighted by Crippen LogP contribution is -2.41. The van der Waals surface area contributed by atoms with Crippen molar-refractivity contribution in [3.63, 3.8) is 0 Å². The molecular formula is C15H24ClFN2O. The summed E-state index contributed by atoms with van der Waals surface area (Å²) in [6.45, 7) is 7.94. The van der Waals surface area contributed by atoms with E-state index in [0.29, 0.717) is 0 Å². The number of hydrogen-bond acceptors (Lipinski definition) is 2. The average molecular weight is 303 g/mol. The number of amides is 1. The van der Waals surface area contributed by atoms with E-state index in [4.69, 9.17) is 5.73 Å². The van der Waals surface area contributed by atoms with Crippen LogP contribution < -0.4 is 11.1 Å². The van der Waals surface area contributed by atoms with Gasteiger partial charge in [-0.25, -0.2) is 4.39 Å². The Hall–Kier alpha value is -1.13. The van der Waals surface area contributed by atoms with Crippen LogP contribution >= 0.6 is 12.4 Å². The standard InChI is InChI=1S/C15H23FN2O.ClH/c1-10(17)14(19)18-13(9-15(2,3)4)11-5-7-12(16)8-6-11;/h5-8,10,13H,9,17H2,1-4H3,(H,18,19);1H/t10-,13?;/m0./s1. The normalized spacial score (nSPS) is 14.1. The molecule has 0 aliphatic rings. The van der Waals surface area contributed by atoms with Crippen molar-refractivity contribution in [1.82, 2.24) is 5.32 Å². The Morgan fingerprint density at radius 1 is 1.30 bits per heavy atom. The van der Waals surface area contributed by atoms with Crippen molar-refractivity contribution in [3.05, 3.63) is 35.6 Å². The van der Waals surface area contributed by atoms with E-state index < -0.39 is 6.04 Å². The molecule has 20 heavy (non-hydrogen) atoms. The van der Waals surface area contributed by atoms with E-state index in [1.165, 1.54) is 12.1 Å². The maximum atomic E-state index is 13.0. The highest BCUT2D eigenvalue weighted by molar-refractivity contribution is 5.85. The molecule has 0 radical (unpaired) electrons. The van der Waals surface area contributed by atoms with E-state index in [0.717, 1.165) is 12.0 Å². The Labute approximate surface area is 126 Å². The summed E-state index contributed by atoms with van der Waals surface area (Å²) in [5, 5.41) is 2.92. The van der Waals surface area contributed by atoms with Crippen LogP contribution in [-0.4, -0.2) is 11.9 Å². The maximum absolute atomic E-state index is 13.0. The minimum atomic E-state index is -0.553. The van der Waals surface area contributed by atoms with Crippen LogP contribution in [0.5, 0.6) is 0 Å². The monoisotopic (exact) mass is 302 g/mol. The van der Waals surface area contributed by atoms with Gasteiger partial charge < -0.3 is 11.1 Å². The third-order valence-electron chi connectivity index (χ3n) is 2.82. The fraction of sp³-hybridized carbons (Fsp3) is 0.533. The van der Waals surface area contributed by atoms with Gasteiger partial charge in [0.25, 0.3) is 0 Å². The minimum absolute atomic E-state index is 0. The molecular weight excluding hydrogens is 279 g/mol. The van der Waals surface area contributed by atoms with Gasteiger partial charge in [0.05, 0.1) is 12.1 Å². The lowest BCUT2D eigenvalue weighted by Gasteiger charge is -2.28. The maximum Gasteiger partial charge on any atom is 0.237 e. The molecule has 0 aliphatic heterocycles. The van der Waals surface area contributed by atoms with Crippen molar-refractivity contribution in [1.29, 1.82) is 0 Å². The van der Waals surface area contributed by atoms with Crippen LogP contribution in [-0.2, 0) is 4.79 Å². The summed E-state index contributed by atoms with van der Waals surface area (Å²) >= 11 is 0. The molecule has 1 aromatic rings. The fourth-order valence-corrected chi connectivity index (χ4v) is 1.86. The molecule has 0 saturated heterocycles. The molecule has 0 aliphatic carbocycles. The number of hydrogen-bond donors (Lipinski definition) is 2. The molecule has 0 saturated carbocycles. The van der Waals surface area contributed by atoms with Gasteiger partial charge in [-0.1, -0.05) is 32.9 Å². The SMILES string of the molecule is C[C@H](N)C(=O)NC(CC(C)(C)C)c1ccc(F)cc1.Cl. The van der Waals surface area contributed by atoms with E-state index in [-0.39, 0.29) is 35.6 Å². The van der Waals surface area contributed by atoms with Crippen LogP contribution in [0.4, 0.5) is 4.39 Å². The van der Waals surface area contributed by atoms with Gasteiger partial charge in [-0.3, -0.25) is 4.79 Å².